The highest BCUT2D eigenvalue weighted by Gasteiger charge is 2.40. The van der Waals surface area contributed by atoms with Crippen molar-refractivity contribution in [3.63, 3.8) is 0 Å². The van der Waals surface area contributed by atoms with Crippen LogP contribution in [-0.4, -0.2) is 39.7 Å². The van der Waals surface area contributed by atoms with Crippen LogP contribution in [0.5, 0.6) is 0 Å². The summed E-state index contributed by atoms with van der Waals surface area (Å²) < 4.78 is 6.15. The Morgan fingerprint density at radius 2 is 2.30 bits per heavy atom. The number of nitrogens with one attached hydrogen (secondary N) is 1. The lowest BCUT2D eigenvalue weighted by Crippen LogP contribution is -2.44. The lowest BCUT2D eigenvalue weighted by Gasteiger charge is -2.38. The van der Waals surface area contributed by atoms with Crippen LogP contribution in [0.1, 0.15) is 36.1 Å². The van der Waals surface area contributed by atoms with Crippen molar-refractivity contribution in [3.05, 3.63) is 16.8 Å². The molecule has 0 amide bonds. The fraction of sp³-hybridized carbons (Fsp3) is 0.647. The highest BCUT2D eigenvalue weighted by molar-refractivity contribution is 7.99. The van der Waals surface area contributed by atoms with Gasteiger partial charge in [0.05, 0.1) is 11.0 Å². The maximum Gasteiger partial charge on any atom is 0.138 e. The van der Waals surface area contributed by atoms with Gasteiger partial charge in [0.1, 0.15) is 17.0 Å². The Hall–Kier alpha value is -0.850. The third kappa shape index (κ3) is 2.46. The van der Waals surface area contributed by atoms with Gasteiger partial charge in [0, 0.05) is 23.3 Å². The molecule has 4 heterocycles. The van der Waals surface area contributed by atoms with Gasteiger partial charge in [-0.3, -0.25) is 0 Å². The van der Waals surface area contributed by atoms with Crippen molar-refractivity contribution < 1.29 is 4.74 Å². The van der Waals surface area contributed by atoms with E-state index in [0.717, 1.165) is 35.8 Å². The summed E-state index contributed by atoms with van der Waals surface area (Å²) in [5, 5.41) is 5.05. The molecule has 0 unspecified atom stereocenters. The predicted molar refractivity (Wildman–Crippen MR) is 96.7 cm³/mol. The Morgan fingerprint density at radius 3 is 3.22 bits per heavy atom. The number of ether oxygens (including phenoxy) is 1. The monoisotopic (exact) mass is 347 g/mol. The zero-order valence-electron chi connectivity index (χ0n) is 13.1. The molecule has 2 aromatic heterocycles. The number of thiophene rings is 1. The molecule has 2 fully saturated rings. The van der Waals surface area contributed by atoms with Gasteiger partial charge in [0.2, 0.25) is 0 Å². The summed E-state index contributed by atoms with van der Waals surface area (Å²) in [7, 11) is 0. The number of hydrogen-bond donors (Lipinski definition) is 1. The first-order chi connectivity index (χ1) is 11.3. The number of nitrogens with zero attached hydrogens (tertiary/aromatic N) is 2. The molecule has 2 saturated heterocycles. The second-order valence-corrected chi connectivity index (χ2v) is 9.12. The van der Waals surface area contributed by atoms with Gasteiger partial charge in [0.15, 0.2) is 0 Å². The van der Waals surface area contributed by atoms with E-state index in [1.165, 1.54) is 47.3 Å². The van der Waals surface area contributed by atoms with E-state index in [-0.39, 0.29) is 5.60 Å². The van der Waals surface area contributed by atoms with Gasteiger partial charge in [-0.05, 0) is 49.8 Å². The van der Waals surface area contributed by atoms with Crippen molar-refractivity contribution in [2.75, 3.05) is 23.4 Å². The number of anilines is 1. The summed E-state index contributed by atoms with van der Waals surface area (Å²) in [6, 6.07) is 0.470. The number of aryl methyl sites for hydroxylation is 2. The largest absolute Gasteiger partial charge is 0.374 e. The zero-order valence-corrected chi connectivity index (χ0v) is 14.8. The second kappa shape index (κ2) is 5.60. The molecule has 122 valence electrons. The Labute approximate surface area is 144 Å². The molecule has 2 atom stereocenters. The van der Waals surface area contributed by atoms with Crippen LogP contribution >= 0.6 is 23.1 Å². The van der Waals surface area contributed by atoms with Crippen LogP contribution in [0.2, 0.25) is 0 Å². The van der Waals surface area contributed by atoms with Crippen molar-refractivity contribution in [2.24, 2.45) is 0 Å². The van der Waals surface area contributed by atoms with Crippen molar-refractivity contribution in [2.45, 2.75) is 50.2 Å². The second-order valence-electron chi connectivity index (χ2n) is 6.93. The molecule has 1 N–H and O–H groups in total. The van der Waals surface area contributed by atoms with E-state index in [2.05, 4.69) is 15.3 Å². The summed E-state index contributed by atoms with van der Waals surface area (Å²) in [4.78, 5) is 11.8. The van der Waals surface area contributed by atoms with Gasteiger partial charge in [-0.2, -0.15) is 11.8 Å². The number of aromatic nitrogens is 2. The Morgan fingerprint density at radius 1 is 1.30 bits per heavy atom. The fourth-order valence-electron chi connectivity index (χ4n) is 4.25. The summed E-state index contributed by atoms with van der Waals surface area (Å²) in [6.07, 6.45) is 8.78. The molecular weight excluding hydrogens is 326 g/mol. The minimum absolute atomic E-state index is 0.114. The zero-order chi connectivity index (χ0) is 15.3. The normalized spacial score (nSPS) is 30.2. The molecule has 3 aliphatic rings. The highest BCUT2D eigenvalue weighted by atomic mass is 32.2. The van der Waals surface area contributed by atoms with Gasteiger partial charge in [-0.15, -0.1) is 11.3 Å². The van der Waals surface area contributed by atoms with Gasteiger partial charge >= 0.3 is 0 Å². The topological polar surface area (TPSA) is 47.0 Å². The number of thioether (sulfide) groups is 1. The van der Waals surface area contributed by atoms with Crippen molar-refractivity contribution in [1.82, 2.24) is 9.97 Å². The lowest BCUT2D eigenvalue weighted by molar-refractivity contribution is -0.0628. The van der Waals surface area contributed by atoms with Crippen LogP contribution < -0.4 is 5.32 Å². The van der Waals surface area contributed by atoms with Crippen molar-refractivity contribution in [3.8, 4) is 0 Å². The van der Waals surface area contributed by atoms with E-state index in [1.807, 2.05) is 23.1 Å². The van der Waals surface area contributed by atoms with E-state index >= 15 is 0 Å². The highest BCUT2D eigenvalue weighted by Crippen LogP contribution is 2.41. The van der Waals surface area contributed by atoms with Crippen LogP contribution in [-0.2, 0) is 17.6 Å². The van der Waals surface area contributed by atoms with E-state index in [1.54, 1.807) is 6.33 Å². The molecule has 23 heavy (non-hydrogen) atoms. The molecule has 0 radical (unpaired) electrons. The molecule has 0 saturated carbocycles. The number of fused-ring (bicyclic) bond motifs is 3. The third-order valence-electron chi connectivity index (χ3n) is 5.40. The summed E-state index contributed by atoms with van der Waals surface area (Å²) in [6.45, 7) is 0.869. The van der Waals surface area contributed by atoms with Crippen LogP contribution in [0.25, 0.3) is 10.2 Å². The fourth-order valence-corrected chi connectivity index (χ4v) is 6.85. The molecule has 4 nitrogen and oxygen atoms in total. The molecule has 0 aromatic carbocycles. The van der Waals surface area contributed by atoms with E-state index in [4.69, 9.17) is 4.74 Å². The Kier molecular flexibility index (Phi) is 3.53. The molecule has 1 spiro atoms. The maximum absolute atomic E-state index is 6.15. The van der Waals surface area contributed by atoms with Gasteiger partial charge in [-0.1, -0.05) is 0 Å². The predicted octanol–water partition coefficient (Wildman–Crippen LogP) is 3.65. The molecule has 1 aliphatic carbocycles. The number of rotatable bonds is 2. The first-order valence-electron chi connectivity index (χ1n) is 8.56. The molecule has 2 aliphatic heterocycles. The first-order valence-corrected chi connectivity index (χ1v) is 10.5. The molecule has 0 bridgehead atoms. The smallest absolute Gasteiger partial charge is 0.138 e. The summed E-state index contributed by atoms with van der Waals surface area (Å²) in [5.74, 6) is 3.45. The average molecular weight is 348 g/mol. The van der Waals surface area contributed by atoms with Gasteiger partial charge in [0.25, 0.3) is 0 Å². The van der Waals surface area contributed by atoms with Gasteiger partial charge in [-0.25, -0.2) is 9.97 Å². The standard InChI is InChI=1S/C17H21N3OS2/c1-2-12-13(3-1)23-16-14(12)15(18-10-19-16)20-11-4-6-21-17(8-11)5-7-22-9-17/h10-11H,1-9H2,(H,18,19,20)/t11-,17+/m0/s1. The van der Waals surface area contributed by atoms with E-state index < -0.39 is 0 Å². The number of hydrogen-bond acceptors (Lipinski definition) is 6. The van der Waals surface area contributed by atoms with Crippen molar-refractivity contribution in [1.29, 1.82) is 0 Å². The molecule has 6 heteroatoms. The quantitative estimate of drug-likeness (QED) is 0.898. The van der Waals surface area contributed by atoms with E-state index in [9.17, 15) is 0 Å². The SMILES string of the molecule is c1nc(N[C@H]2CCO[C@]3(CCSC3)C2)c2c3c(sc2n1)CCC3. The summed E-state index contributed by atoms with van der Waals surface area (Å²) >= 11 is 3.89. The molecule has 5 rings (SSSR count). The lowest BCUT2D eigenvalue weighted by atomic mass is 9.90. The average Bonchev–Trinajstić information content (AvgIpc) is 3.24. The van der Waals surface area contributed by atoms with Crippen LogP contribution in [0.3, 0.4) is 0 Å². The van der Waals surface area contributed by atoms with Gasteiger partial charge < -0.3 is 10.1 Å². The van der Waals surface area contributed by atoms with Crippen molar-refractivity contribution >= 4 is 39.1 Å². The van der Waals surface area contributed by atoms with Crippen LogP contribution in [0, 0.1) is 0 Å². The van der Waals surface area contributed by atoms with E-state index in [0.29, 0.717) is 6.04 Å². The summed E-state index contributed by atoms with van der Waals surface area (Å²) in [5.41, 5.74) is 1.62. The maximum atomic E-state index is 6.15. The minimum atomic E-state index is 0.114. The van der Waals surface area contributed by atoms with Crippen LogP contribution in [0.15, 0.2) is 6.33 Å². The van der Waals surface area contributed by atoms with Crippen LogP contribution in [0.4, 0.5) is 5.82 Å². The first kappa shape index (κ1) is 14.5. The minimum Gasteiger partial charge on any atom is -0.374 e. The molecule has 2 aromatic rings. The third-order valence-corrected chi connectivity index (χ3v) is 7.83. The molecular formula is C17H21N3OS2. The Bertz CT molecular complexity index is 739. The Balaban J connectivity index is 1.45.